The van der Waals surface area contributed by atoms with Crippen molar-refractivity contribution in [2.24, 2.45) is 11.8 Å². The first-order valence-electron chi connectivity index (χ1n) is 9.67. The Morgan fingerprint density at radius 3 is 2.57 bits per heavy atom. The van der Waals surface area contributed by atoms with Gasteiger partial charge >= 0.3 is 0 Å². The number of halogens is 3. The summed E-state index contributed by atoms with van der Waals surface area (Å²) in [5.74, 6) is -1.08. The van der Waals surface area contributed by atoms with Crippen molar-refractivity contribution >= 4 is 44.8 Å². The first-order chi connectivity index (χ1) is 14.1. The number of rotatable bonds is 5. The molecule has 0 saturated heterocycles. The fraction of sp³-hybridized carbons (Fsp3) is 0.381. The van der Waals surface area contributed by atoms with Crippen molar-refractivity contribution in [2.75, 3.05) is 5.32 Å². The van der Waals surface area contributed by atoms with Crippen molar-refractivity contribution in [3.63, 3.8) is 0 Å². The molecule has 5 nitrogen and oxygen atoms in total. The Kier molecular flexibility index (Phi) is 7.07. The molecule has 0 aliphatic heterocycles. The van der Waals surface area contributed by atoms with Crippen LogP contribution in [0.4, 0.5) is 10.1 Å². The van der Waals surface area contributed by atoms with Gasteiger partial charge in [0, 0.05) is 11.1 Å². The number of sulfonamides is 1. The maximum Gasteiger partial charge on any atom is 0.258 e. The van der Waals surface area contributed by atoms with Crippen LogP contribution in [0.15, 0.2) is 41.3 Å². The Labute approximate surface area is 186 Å². The first kappa shape index (κ1) is 23.0. The van der Waals surface area contributed by atoms with E-state index in [1.165, 1.54) is 12.1 Å². The number of carbonyl (C=O) groups is 1. The van der Waals surface area contributed by atoms with Crippen molar-refractivity contribution in [1.82, 2.24) is 4.72 Å². The van der Waals surface area contributed by atoms with Gasteiger partial charge in [0.05, 0.1) is 21.2 Å². The van der Waals surface area contributed by atoms with Gasteiger partial charge < -0.3 is 5.32 Å². The summed E-state index contributed by atoms with van der Waals surface area (Å²) >= 11 is 11.9. The van der Waals surface area contributed by atoms with Gasteiger partial charge in [-0.1, -0.05) is 49.9 Å². The summed E-state index contributed by atoms with van der Waals surface area (Å²) in [5.41, 5.74) is -0.205. The standard InChI is InChI=1S/C21H23Cl2FN2O3S/c1-12-4-3-5-19(13(12)2)26-30(28,29)15-7-9-18(24)16(11-15)21(27)25-20-10-14(22)6-8-17(20)23/h6-13,19,26H,3-5H2,1-2H3,(H,25,27)/t12-,13-,19-/m1/s1. The Morgan fingerprint density at radius 1 is 1.10 bits per heavy atom. The lowest BCUT2D eigenvalue weighted by molar-refractivity contribution is 0.102. The number of nitrogens with one attached hydrogen (secondary N) is 2. The van der Waals surface area contributed by atoms with Crippen LogP contribution in [0.2, 0.25) is 10.0 Å². The Balaban J connectivity index is 1.85. The SMILES string of the molecule is C[C@@H]1[C@H](C)CCC[C@H]1NS(=O)(=O)c1ccc(F)c(C(=O)Nc2cc(Cl)ccc2Cl)c1. The second-order valence-electron chi connectivity index (χ2n) is 7.72. The second-order valence-corrected chi connectivity index (χ2v) is 10.3. The average Bonchev–Trinajstić information content (AvgIpc) is 2.68. The molecule has 9 heteroatoms. The summed E-state index contributed by atoms with van der Waals surface area (Å²) in [7, 11) is -3.92. The summed E-state index contributed by atoms with van der Waals surface area (Å²) in [5, 5.41) is 3.03. The van der Waals surface area contributed by atoms with Gasteiger partial charge in [0.1, 0.15) is 5.82 Å². The molecule has 162 valence electrons. The molecule has 3 atom stereocenters. The molecule has 0 radical (unpaired) electrons. The minimum atomic E-state index is -3.92. The van der Waals surface area contributed by atoms with Gasteiger partial charge in [-0.15, -0.1) is 0 Å². The van der Waals surface area contributed by atoms with Gasteiger partial charge in [-0.25, -0.2) is 17.5 Å². The van der Waals surface area contributed by atoms with Crippen molar-refractivity contribution in [1.29, 1.82) is 0 Å². The van der Waals surface area contributed by atoms with E-state index in [0.29, 0.717) is 10.9 Å². The lowest BCUT2D eigenvalue weighted by Crippen LogP contribution is -2.43. The molecule has 0 unspecified atom stereocenters. The third-order valence-corrected chi connectivity index (χ3v) is 7.73. The van der Waals surface area contributed by atoms with E-state index in [1.54, 1.807) is 6.07 Å². The molecule has 1 aliphatic carbocycles. The minimum absolute atomic E-state index is 0.170. The Morgan fingerprint density at radius 2 is 1.83 bits per heavy atom. The third kappa shape index (κ3) is 5.14. The van der Waals surface area contributed by atoms with Crippen LogP contribution in [0.1, 0.15) is 43.5 Å². The van der Waals surface area contributed by atoms with E-state index in [2.05, 4.69) is 17.0 Å². The predicted octanol–water partition coefficient (Wildman–Crippen LogP) is 5.49. The summed E-state index contributed by atoms with van der Waals surface area (Å²) in [6, 6.07) is 7.41. The van der Waals surface area contributed by atoms with Gasteiger partial charge in [0.25, 0.3) is 5.91 Å². The van der Waals surface area contributed by atoms with Crippen molar-refractivity contribution in [3.8, 4) is 0 Å². The highest BCUT2D eigenvalue weighted by atomic mass is 35.5. The molecule has 1 amide bonds. The summed E-state index contributed by atoms with van der Waals surface area (Å²) in [6.45, 7) is 4.13. The highest BCUT2D eigenvalue weighted by molar-refractivity contribution is 7.89. The van der Waals surface area contributed by atoms with E-state index >= 15 is 0 Å². The monoisotopic (exact) mass is 472 g/mol. The lowest BCUT2D eigenvalue weighted by atomic mass is 9.78. The zero-order chi connectivity index (χ0) is 22.1. The van der Waals surface area contributed by atoms with E-state index in [4.69, 9.17) is 23.2 Å². The van der Waals surface area contributed by atoms with Crippen molar-refractivity contribution < 1.29 is 17.6 Å². The highest BCUT2D eigenvalue weighted by Gasteiger charge is 2.31. The number of anilines is 1. The Bertz CT molecular complexity index is 1060. The molecule has 0 spiro atoms. The van der Waals surface area contributed by atoms with Crippen LogP contribution < -0.4 is 10.0 Å². The van der Waals surface area contributed by atoms with Crippen LogP contribution in [0.5, 0.6) is 0 Å². The van der Waals surface area contributed by atoms with Gasteiger partial charge in [-0.3, -0.25) is 4.79 Å². The summed E-state index contributed by atoms with van der Waals surface area (Å²) < 4.78 is 42.8. The van der Waals surface area contributed by atoms with E-state index < -0.39 is 27.3 Å². The smallest absolute Gasteiger partial charge is 0.258 e. The predicted molar refractivity (Wildman–Crippen MR) is 117 cm³/mol. The second kappa shape index (κ2) is 9.22. The van der Waals surface area contributed by atoms with Crippen LogP contribution in [0.25, 0.3) is 0 Å². The molecule has 1 fully saturated rings. The van der Waals surface area contributed by atoms with Crippen LogP contribution in [0.3, 0.4) is 0 Å². The highest BCUT2D eigenvalue weighted by Crippen LogP contribution is 2.31. The molecule has 2 aromatic carbocycles. The number of benzene rings is 2. The van der Waals surface area contributed by atoms with Crippen LogP contribution in [-0.4, -0.2) is 20.4 Å². The van der Waals surface area contributed by atoms with Gasteiger partial charge in [-0.2, -0.15) is 0 Å². The van der Waals surface area contributed by atoms with Crippen molar-refractivity contribution in [2.45, 2.75) is 44.0 Å². The molecule has 0 bridgehead atoms. The minimum Gasteiger partial charge on any atom is -0.320 e. The molecule has 30 heavy (non-hydrogen) atoms. The van der Waals surface area contributed by atoms with E-state index in [9.17, 15) is 17.6 Å². The first-order valence-corrected chi connectivity index (χ1v) is 11.9. The fourth-order valence-corrected chi connectivity index (χ4v) is 5.37. The number of carbonyl (C=O) groups excluding carboxylic acids is 1. The molecular formula is C21H23Cl2FN2O3S. The molecule has 1 saturated carbocycles. The normalized spacial score (nSPS) is 22.0. The van der Waals surface area contributed by atoms with Crippen LogP contribution >= 0.6 is 23.2 Å². The van der Waals surface area contributed by atoms with Crippen LogP contribution in [0, 0.1) is 17.7 Å². The zero-order valence-corrected chi connectivity index (χ0v) is 18.9. The molecule has 2 aromatic rings. The Hall–Kier alpha value is -1.67. The molecule has 0 heterocycles. The molecule has 0 aromatic heterocycles. The number of hydrogen-bond acceptors (Lipinski definition) is 3. The molecular weight excluding hydrogens is 450 g/mol. The van der Waals surface area contributed by atoms with Gasteiger partial charge in [0.15, 0.2) is 0 Å². The van der Waals surface area contributed by atoms with E-state index in [-0.39, 0.29) is 27.6 Å². The molecule has 2 N–H and O–H groups in total. The van der Waals surface area contributed by atoms with Crippen LogP contribution in [-0.2, 0) is 10.0 Å². The number of hydrogen-bond donors (Lipinski definition) is 2. The quantitative estimate of drug-likeness (QED) is 0.603. The molecule has 1 aliphatic rings. The van der Waals surface area contributed by atoms with Crippen molar-refractivity contribution in [3.05, 3.63) is 57.8 Å². The largest absolute Gasteiger partial charge is 0.320 e. The lowest BCUT2D eigenvalue weighted by Gasteiger charge is -2.34. The maximum atomic E-state index is 14.3. The topological polar surface area (TPSA) is 75.3 Å². The summed E-state index contributed by atoms with van der Waals surface area (Å²) in [6.07, 6.45) is 2.75. The third-order valence-electron chi connectivity index (χ3n) is 5.68. The maximum absolute atomic E-state index is 14.3. The van der Waals surface area contributed by atoms with Gasteiger partial charge in [0.2, 0.25) is 10.0 Å². The van der Waals surface area contributed by atoms with E-state index in [0.717, 1.165) is 37.5 Å². The summed E-state index contributed by atoms with van der Waals surface area (Å²) in [4.78, 5) is 12.4. The average molecular weight is 473 g/mol. The number of amides is 1. The van der Waals surface area contributed by atoms with E-state index in [1.807, 2.05) is 6.92 Å². The van der Waals surface area contributed by atoms with Gasteiger partial charge in [-0.05, 0) is 54.7 Å². The zero-order valence-electron chi connectivity index (χ0n) is 16.6. The fourth-order valence-electron chi connectivity index (χ4n) is 3.64. The molecule has 3 rings (SSSR count).